The maximum atomic E-state index is 11.6. The van der Waals surface area contributed by atoms with Gasteiger partial charge in [0.15, 0.2) is 17.7 Å². The molecule has 0 amide bonds. The van der Waals surface area contributed by atoms with E-state index in [4.69, 9.17) is 10.2 Å². The minimum absolute atomic E-state index is 0.184. The fourth-order valence-electron chi connectivity index (χ4n) is 1.38. The van der Waals surface area contributed by atoms with Gasteiger partial charge in [-0.1, -0.05) is 0 Å². The van der Waals surface area contributed by atoms with E-state index in [9.17, 15) is 24.6 Å². The number of hydrogen-bond donors (Lipinski definition) is 4. The van der Waals surface area contributed by atoms with E-state index < -0.39 is 42.8 Å². The minimum Gasteiger partial charge on any atom is -0.388 e. The Balaban J connectivity index is 2.76. The van der Waals surface area contributed by atoms with Gasteiger partial charge in [0.1, 0.15) is 25.0 Å². The van der Waals surface area contributed by atoms with Crippen molar-refractivity contribution < 1.29 is 34.8 Å². The summed E-state index contributed by atoms with van der Waals surface area (Å²) in [7, 11) is 0. The molecule has 2 atom stereocenters. The Labute approximate surface area is 118 Å². The zero-order valence-electron chi connectivity index (χ0n) is 10.8. The number of hydrogen-bond acceptors (Lipinski definition) is 9. The van der Waals surface area contributed by atoms with Gasteiger partial charge in [0.25, 0.3) is 0 Å². The standard InChI is InChI=1S/C12H14N2O7/c15-4-9(18)8(17)1-6-2-14-7(3-13-6)11(20)12(21)10(19)5-16/h2-3,8,12,15-17,21H,1,4-5H2/t8-,12+/m0/s1. The lowest BCUT2D eigenvalue weighted by molar-refractivity contribution is -0.130. The quantitative estimate of drug-likeness (QED) is 0.291. The molecule has 0 aliphatic carbocycles. The summed E-state index contributed by atoms with van der Waals surface area (Å²) in [6.07, 6.45) is -1.58. The fourth-order valence-corrected chi connectivity index (χ4v) is 1.38. The molecule has 0 saturated heterocycles. The number of carbonyl (C=O) groups excluding carboxylic acids is 3. The molecule has 0 saturated carbocycles. The van der Waals surface area contributed by atoms with Crippen LogP contribution >= 0.6 is 0 Å². The van der Waals surface area contributed by atoms with Crippen LogP contribution in [0.15, 0.2) is 12.4 Å². The van der Waals surface area contributed by atoms with Crippen molar-refractivity contribution in [1.29, 1.82) is 0 Å². The Morgan fingerprint density at radius 2 is 1.62 bits per heavy atom. The number of aromatic nitrogens is 2. The summed E-state index contributed by atoms with van der Waals surface area (Å²) in [6.45, 7) is -1.78. The van der Waals surface area contributed by atoms with Crippen LogP contribution in [0.4, 0.5) is 0 Å². The van der Waals surface area contributed by atoms with Crippen molar-refractivity contribution in [3.05, 3.63) is 23.8 Å². The Bertz CT molecular complexity index is 529. The van der Waals surface area contributed by atoms with Crippen molar-refractivity contribution in [1.82, 2.24) is 9.97 Å². The highest BCUT2D eigenvalue weighted by Crippen LogP contribution is 2.04. The summed E-state index contributed by atoms with van der Waals surface area (Å²) in [6, 6.07) is 0. The summed E-state index contributed by atoms with van der Waals surface area (Å²) in [4.78, 5) is 41.0. The average molecular weight is 298 g/mol. The summed E-state index contributed by atoms with van der Waals surface area (Å²) < 4.78 is 0. The predicted octanol–water partition coefficient (Wildman–Crippen LogP) is -2.95. The highest BCUT2D eigenvalue weighted by molar-refractivity contribution is 6.12. The van der Waals surface area contributed by atoms with Crippen LogP contribution in [-0.2, 0) is 16.0 Å². The molecule has 4 N–H and O–H groups in total. The Hall–Kier alpha value is -2.07. The lowest BCUT2D eigenvalue weighted by Crippen LogP contribution is -2.32. The molecule has 1 heterocycles. The third kappa shape index (κ3) is 4.46. The summed E-state index contributed by atoms with van der Waals surface area (Å²) in [5, 5.41) is 35.8. The Morgan fingerprint density at radius 1 is 1.00 bits per heavy atom. The molecule has 0 fully saturated rings. The lowest BCUT2D eigenvalue weighted by Gasteiger charge is -2.08. The number of rotatable bonds is 8. The molecule has 21 heavy (non-hydrogen) atoms. The van der Waals surface area contributed by atoms with Crippen LogP contribution in [-0.4, -0.2) is 73.2 Å². The van der Waals surface area contributed by atoms with Crippen molar-refractivity contribution in [2.45, 2.75) is 18.6 Å². The van der Waals surface area contributed by atoms with Crippen molar-refractivity contribution >= 4 is 17.3 Å². The zero-order chi connectivity index (χ0) is 16.0. The molecule has 1 rings (SSSR count). The molecule has 0 spiro atoms. The average Bonchev–Trinajstić information content (AvgIpc) is 2.52. The first-order valence-corrected chi connectivity index (χ1v) is 5.89. The number of aliphatic hydroxyl groups excluding tert-OH is 4. The first kappa shape index (κ1) is 17.0. The van der Waals surface area contributed by atoms with Crippen LogP contribution in [0.2, 0.25) is 0 Å². The van der Waals surface area contributed by atoms with Gasteiger partial charge < -0.3 is 20.4 Å². The molecule has 0 bridgehead atoms. The van der Waals surface area contributed by atoms with Crippen LogP contribution in [0.25, 0.3) is 0 Å². The molecule has 0 aromatic carbocycles. The van der Waals surface area contributed by atoms with E-state index in [0.717, 1.165) is 12.4 Å². The van der Waals surface area contributed by atoms with Crippen LogP contribution in [0.3, 0.4) is 0 Å². The zero-order valence-corrected chi connectivity index (χ0v) is 10.8. The maximum absolute atomic E-state index is 11.6. The molecular weight excluding hydrogens is 284 g/mol. The molecule has 9 nitrogen and oxygen atoms in total. The molecule has 0 aliphatic heterocycles. The molecule has 1 aromatic heterocycles. The molecule has 0 aliphatic rings. The first-order chi connectivity index (χ1) is 9.90. The smallest absolute Gasteiger partial charge is 0.218 e. The lowest BCUT2D eigenvalue weighted by atomic mass is 10.1. The van der Waals surface area contributed by atoms with E-state index >= 15 is 0 Å². The summed E-state index contributed by atoms with van der Waals surface area (Å²) >= 11 is 0. The van der Waals surface area contributed by atoms with Crippen molar-refractivity contribution in [3.63, 3.8) is 0 Å². The van der Waals surface area contributed by atoms with Crippen LogP contribution in [0, 0.1) is 0 Å². The normalized spacial score (nSPS) is 13.5. The maximum Gasteiger partial charge on any atom is 0.218 e. The molecular formula is C12H14N2O7. The van der Waals surface area contributed by atoms with Gasteiger partial charge in [-0.25, -0.2) is 4.98 Å². The second kappa shape index (κ2) is 7.64. The van der Waals surface area contributed by atoms with Gasteiger partial charge in [0.2, 0.25) is 5.78 Å². The van der Waals surface area contributed by atoms with Crippen LogP contribution in [0.5, 0.6) is 0 Å². The SMILES string of the molecule is O=C(CO)[C@@H](O)C(=O)c1cnc(C[C@H](O)C(=O)CO)cn1. The topological polar surface area (TPSA) is 158 Å². The molecule has 1 aromatic rings. The van der Waals surface area contributed by atoms with Gasteiger partial charge in [-0.3, -0.25) is 19.4 Å². The monoisotopic (exact) mass is 298 g/mol. The summed E-state index contributed by atoms with van der Waals surface area (Å²) in [5.74, 6) is -2.85. The highest BCUT2D eigenvalue weighted by atomic mass is 16.3. The van der Waals surface area contributed by atoms with Crippen LogP contribution < -0.4 is 0 Å². The number of Topliss-reactive ketones (excluding diaryl/α,β-unsaturated/α-hetero) is 3. The number of aliphatic hydroxyl groups is 4. The third-order valence-electron chi connectivity index (χ3n) is 2.60. The minimum atomic E-state index is -2.02. The molecule has 0 radical (unpaired) electrons. The number of ketones is 3. The van der Waals surface area contributed by atoms with Crippen molar-refractivity contribution in [2.75, 3.05) is 13.2 Å². The van der Waals surface area contributed by atoms with Gasteiger partial charge in [-0.05, 0) is 0 Å². The Morgan fingerprint density at radius 3 is 2.10 bits per heavy atom. The first-order valence-electron chi connectivity index (χ1n) is 5.89. The van der Waals surface area contributed by atoms with E-state index in [0.29, 0.717) is 0 Å². The number of carbonyl (C=O) groups is 3. The second-order valence-electron chi connectivity index (χ2n) is 4.13. The van der Waals surface area contributed by atoms with Gasteiger partial charge in [-0.15, -0.1) is 0 Å². The molecule has 0 unspecified atom stereocenters. The highest BCUT2D eigenvalue weighted by Gasteiger charge is 2.25. The number of nitrogens with zero attached hydrogens (tertiary/aromatic N) is 2. The van der Waals surface area contributed by atoms with Gasteiger partial charge in [0, 0.05) is 12.6 Å². The van der Waals surface area contributed by atoms with Crippen molar-refractivity contribution in [3.8, 4) is 0 Å². The van der Waals surface area contributed by atoms with Crippen molar-refractivity contribution in [2.24, 2.45) is 0 Å². The van der Waals surface area contributed by atoms with Gasteiger partial charge >= 0.3 is 0 Å². The molecule has 114 valence electrons. The Kier molecular flexibility index (Phi) is 6.18. The fraction of sp³-hybridized carbons (Fsp3) is 0.417. The molecule has 9 heteroatoms. The van der Waals surface area contributed by atoms with E-state index in [1.807, 2.05) is 0 Å². The van der Waals surface area contributed by atoms with Gasteiger partial charge in [-0.2, -0.15) is 0 Å². The summed E-state index contributed by atoms with van der Waals surface area (Å²) in [5.41, 5.74) is -0.111. The van der Waals surface area contributed by atoms with E-state index in [1.54, 1.807) is 0 Å². The largest absolute Gasteiger partial charge is 0.388 e. The van der Waals surface area contributed by atoms with E-state index in [-0.39, 0.29) is 17.8 Å². The van der Waals surface area contributed by atoms with E-state index in [2.05, 4.69) is 9.97 Å². The van der Waals surface area contributed by atoms with Crippen LogP contribution in [0.1, 0.15) is 16.2 Å². The predicted molar refractivity (Wildman–Crippen MR) is 66.3 cm³/mol. The van der Waals surface area contributed by atoms with E-state index in [1.165, 1.54) is 0 Å². The second-order valence-corrected chi connectivity index (χ2v) is 4.13. The van der Waals surface area contributed by atoms with Gasteiger partial charge in [0.05, 0.1) is 11.9 Å². The third-order valence-corrected chi connectivity index (χ3v) is 2.60.